The fourth-order valence-electron chi connectivity index (χ4n) is 6.21. The van der Waals surface area contributed by atoms with Gasteiger partial charge in [0.05, 0.1) is 11.7 Å². The molecule has 0 spiro atoms. The topological polar surface area (TPSA) is 80.5 Å². The van der Waals surface area contributed by atoms with Gasteiger partial charge in [0.2, 0.25) is 0 Å². The maximum atomic E-state index is 6.58. The van der Waals surface area contributed by atoms with E-state index in [2.05, 4.69) is 65.3 Å². The highest BCUT2D eigenvalue weighted by atomic mass is 32.1. The number of anilines is 1. The van der Waals surface area contributed by atoms with Gasteiger partial charge in [0.15, 0.2) is 5.13 Å². The maximum Gasteiger partial charge on any atom is 0.180 e. The smallest absolute Gasteiger partial charge is 0.180 e. The summed E-state index contributed by atoms with van der Waals surface area (Å²) in [6, 6.07) is 19.8. The van der Waals surface area contributed by atoms with E-state index < -0.39 is 0 Å². The Kier molecular flexibility index (Phi) is 8.57. The number of benzene rings is 2. The Balaban J connectivity index is 1.15. The highest BCUT2D eigenvalue weighted by Gasteiger charge is 2.28. The Hall–Kier alpha value is -2.70. The third kappa shape index (κ3) is 6.42. The summed E-state index contributed by atoms with van der Waals surface area (Å²) < 4.78 is 0. The molecule has 0 saturated heterocycles. The molecule has 37 heavy (non-hydrogen) atoms. The summed E-state index contributed by atoms with van der Waals surface area (Å²) in [5, 5.41) is 0.733. The second kappa shape index (κ2) is 12.2. The normalized spacial score (nSPS) is 22.2. The summed E-state index contributed by atoms with van der Waals surface area (Å²) in [5.41, 5.74) is 17.2. The van der Waals surface area contributed by atoms with E-state index in [1.165, 1.54) is 61.3 Å². The van der Waals surface area contributed by atoms with Crippen LogP contribution in [0.2, 0.25) is 0 Å². The monoisotopic (exact) mass is 515 g/mol. The number of amidine groups is 1. The average Bonchev–Trinajstić information content (AvgIpc) is 3.31. The zero-order valence-corrected chi connectivity index (χ0v) is 22.9. The third-order valence-electron chi connectivity index (χ3n) is 8.21. The van der Waals surface area contributed by atoms with Crippen LogP contribution in [0.25, 0.3) is 11.1 Å². The van der Waals surface area contributed by atoms with Crippen LogP contribution in [0.1, 0.15) is 68.0 Å². The fraction of sp³-hybridized carbons (Fsp3) is 0.484. The molecule has 0 radical (unpaired) electrons. The van der Waals surface area contributed by atoms with Crippen molar-refractivity contribution in [2.75, 3.05) is 18.8 Å². The molecule has 0 bridgehead atoms. The van der Waals surface area contributed by atoms with E-state index in [4.69, 9.17) is 16.5 Å². The summed E-state index contributed by atoms with van der Waals surface area (Å²) in [6.45, 7) is 4.69. The van der Waals surface area contributed by atoms with Crippen molar-refractivity contribution in [2.45, 2.75) is 76.8 Å². The first-order valence-electron chi connectivity index (χ1n) is 14.1. The van der Waals surface area contributed by atoms with E-state index in [9.17, 15) is 0 Å². The number of thiazole rings is 1. The fourth-order valence-corrected chi connectivity index (χ4v) is 7.16. The number of hydrogen-bond acceptors (Lipinski definition) is 5. The largest absolute Gasteiger partial charge is 0.383 e. The van der Waals surface area contributed by atoms with Crippen LogP contribution in [0.5, 0.6) is 0 Å². The number of nitrogens with two attached hydrogens (primary N) is 2. The van der Waals surface area contributed by atoms with Crippen molar-refractivity contribution in [1.82, 2.24) is 9.88 Å². The number of nitrogens with zero attached hydrogens (tertiary/aromatic N) is 3. The summed E-state index contributed by atoms with van der Waals surface area (Å²) >= 11 is 1.70. The van der Waals surface area contributed by atoms with E-state index in [-0.39, 0.29) is 0 Å². The lowest BCUT2D eigenvalue weighted by molar-refractivity contribution is 0.159. The Morgan fingerprint density at radius 1 is 1.00 bits per heavy atom. The van der Waals surface area contributed by atoms with Crippen LogP contribution in [-0.4, -0.2) is 40.9 Å². The van der Waals surface area contributed by atoms with Crippen molar-refractivity contribution < 1.29 is 0 Å². The molecular formula is C31H41N5S. The van der Waals surface area contributed by atoms with Gasteiger partial charge in [-0.05, 0) is 87.9 Å². The van der Waals surface area contributed by atoms with Crippen LogP contribution in [0, 0.1) is 5.92 Å². The standard InChI is InChI=1S/C31H41N5S/c1-2-19-36(25-16-17-28-29(21-25)37-31(33)35-28)20-18-22-12-14-24(15-13-22)34-30(32)27-11-7-6-10-26(27)23-8-4-3-5-9-23/h3-11,22,24-25H,2,12-21H2,1H3,(H2,32,34)(H2,33,35). The molecule has 1 saturated carbocycles. The van der Waals surface area contributed by atoms with Gasteiger partial charge in [-0.25, -0.2) is 4.98 Å². The molecule has 4 N–H and O–H groups in total. The summed E-state index contributed by atoms with van der Waals surface area (Å²) in [5.74, 6) is 1.47. The van der Waals surface area contributed by atoms with Gasteiger partial charge in [-0.1, -0.05) is 61.5 Å². The van der Waals surface area contributed by atoms with Crippen molar-refractivity contribution in [1.29, 1.82) is 0 Å². The van der Waals surface area contributed by atoms with Crippen LogP contribution in [0.3, 0.4) is 0 Å². The van der Waals surface area contributed by atoms with Crippen LogP contribution in [0.4, 0.5) is 5.13 Å². The van der Waals surface area contributed by atoms with Crippen LogP contribution >= 0.6 is 11.3 Å². The summed E-state index contributed by atoms with van der Waals surface area (Å²) in [4.78, 5) is 13.7. The van der Waals surface area contributed by atoms with Gasteiger partial charge in [0.25, 0.3) is 0 Å². The number of aryl methyl sites for hydroxylation is 1. The molecule has 196 valence electrons. The minimum Gasteiger partial charge on any atom is -0.383 e. The molecule has 1 atom stereocenters. The molecule has 1 unspecified atom stereocenters. The van der Waals surface area contributed by atoms with Crippen molar-refractivity contribution in [2.24, 2.45) is 16.6 Å². The van der Waals surface area contributed by atoms with E-state index in [0.29, 0.717) is 17.9 Å². The van der Waals surface area contributed by atoms with Crippen LogP contribution in [0.15, 0.2) is 59.6 Å². The lowest BCUT2D eigenvalue weighted by Crippen LogP contribution is -2.41. The Labute approximate surface area is 226 Å². The number of fused-ring (bicyclic) bond motifs is 1. The first kappa shape index (κ1) is 25.9. The van der Waals surface area contributed by atoms with Crippen molar-refractivity contribution >= 4 is 22.3 Å². The van der Waals surface area contributed by atoms with E-state index in [1.807, 2.05) is 6.07 Å². The van der Waals surface area contributed by atoms with Gasteiger partial charge in [0, 0.05) is 16.5 Å². The van der Waals surface area contributed by atoms with Gasteiger partial charge in [-0.2, -0.15) is 0 Å². The quantitative estimate of drug-likeness (QED) is 0.258. The third-order valence-corrected chi connectivity index (χ3v) is 9.16. The molecule has 5 rings (SSSR count). The van der Waals surface area contributed by atoms with Crippen molar-refractivity contribution in [3.8, 4) is 11.1 Å². The second-order valence-corrected chi connectivity index (χ2v) is 11.9. The molecule has 6 heteroatoms. The molecule has 0 aliphatic heterocycles. The van der Waals surface area contributed by atoms with Gasteiger partial charge in [-0.15, -0.1) is 11.3 Å². The average molecular weight is 516 g/mol. The van der Waals surface area contributed by atoms with Crippen molar-refractivity contribution in [3.63, 3.8) is 0 Å². The zero-order chi connectivity index (χ0) is 25.6. The summed E-state index contributed by atoms with van der Waals surface area (Å²) in [6.07, 6.45) is 10.7. The summed E-state index contributed by atoms with van der Waals surface area (Å²) in [7, 11) is 0. The number of nitrogen functional groups attached to an aromatic ring is 1. The zero-order valence-electron chi connectivity index (χ0n) is 22.1. The minimum atomic E-state index is 0.334. The molecule has 3 aromatic rings. The lowest BCUT2D eigenvalue weighted by atomic mass is 9.84. The maximum absolute atomic E-state index is 6.58. The van der Waals surface area contributed by atoms with Crippen LogP contribution < -0.4 is 11.5 Å². The minimum absolute atomic E-state index is 0.334. The first-order chi connectivity index (χ1) is 18.1. The molecule has 1 heterocycles. The van der Waals surface area contributed by atoms with Gasteiger partial charge in [-0.3, -0.25) is 4.99 Å². The molecular weight excluding hydrogens is 474 g/mol. The number of aromatic nitrogens is 1. The molecule has 5 nitrogen and oxygen atoms in total. The van der Waals surface area contributed by atoms with E-state index >= 15 is 0 Å². The molecule has 2 aromatic carbocycles. The molecule has 1 fully saturated rings. The first-order valence-corrected chi connectivity index (χ1v) is 14.9. The van der Waals surface area contributed by atoms with Gasteiger partial charge >= 0.3 is 0 Å². The molecule has 1 aromatic heterocycles. The highest BCUT2D eigenvalue weighted by molar-refractivity contribution is 7.15. The molecule has 2 aliphatic carbocycles. The predicted molar refractivity (Wildman–Crippen MR) is 157 cm³/mol. The Morgan fingerprint density at radius 2 is 1.76 bits per heavy atom. The second-order valence-electron chi connectivity index (χ2n) is 10.7. The number of hydrogen-bond donors (Lipinski definition) is 2. The molecule has 0 amide bonds. The SMILES string of the molecule is CCCN(CCC1CCC(N=C(N)c2ccccc2-c2ccccc2)CC1)C1CCc2nc(N)sc2C1. The Morgan fingerprint density at radius 3 is 2.54 bits per heavy atom. The highest BCUT2D eigenvalue weighted by Crippen LogP contribution is 2.33. The number of aliphatic imine (C=N–C) groups is 1. The van der Waals surface area contributed by atoms with E-state index in [1.54, 1.807) is 11.3 Å². The lowest BCUT2D eigenvalue weighted by Gasteiger charge is -2.35. The van der Waals surface area contributed by atoms with Crippen molar-refractivity contribution in [3.05, 3.63) is 70.7 Å². The predicted octanol–water partition coefficient (Wildman–Crippen LogP) is 6.32. The van der Waals surface area contributed by atoms with Gasteiger partial charge < -0.3 is 16.4 Å². The number of rotatable bonds is 9. The van der Waals surface area contributed by atoms with E-state index in [0.717, 1.165) is 47.9 Å². The Bertz CT molecular complexity index is 1180. The molecule has 2 aliphatic rings. The van der Waals surface area contributed by atoms with Crippen LogP contribution in [-0.2, 0) is 12.8 Å². The van der Waals surface area contributed by atoms with Gasteiger partial charge in [0.1, 0.15) is 5.84 Å².